The second kappa shape index (κ2) is 5.58. The fraction of sp³-hybridized carbons (Fsp3) is 0.538. The molecule has 0 radical (unpaired) electrons. The Bertz CT molecular complexity index is 512. The Morgan fingerprint density at radius 3 is 2.47 bits per heavy atom. The number of aliphatic hydroxyl groups excluding tert-OH is 1. The molecule has 0 spiro atoms. The fourth-order valence-corrected chi connectivity index (χ4v) is 2.88. The van der Waals surface area contributed by atoms with Crippen molar-refractivity contribution >= 4 is 10.2 Å². The maximum absolute atomic E-state index is 12.1. The molecule has 0 bridgehead atoms. The van der Waals surface area contributed by atoms with Crippen molar-refractivity contribution in [3.05, 3.63) is 35.9 Å². The third-order valence-electron chi connectivity index (χ3n) is 3.58. The Morgan fingerprint density at radius 2 is 1.95 bits per heavy atom. The molecule has 0 heterocycles. The first-order chi connectivity index (χ1) is 8.97. The van der Waals surface area contributed by atoms with E-state index in [2.05, 4.69) is 4.72 Å². The van der Waals surface area contributed by atoms with Crippen molar-refractivity contribution in [3.8, 4) is 0 Å². The van der Waals surface area contributed by atoms with Crippen LogP contribution in [0.4, 0.5) is 0 Å². The minimum atomic E-state index is -3.49. The number of nitrogens with one attached hydrogen (secondary N) is 1. The monoisotopic (exact) mass is 284 g/mol. The zero-order valence-corrected chi connectivity index (χ0v) is 11.9. The van der Waals surface area contributed by atoms with Crippen molar-refractivity contribution in [2.45, 2.75) is 19.4 Å². The van der Waals surface area contributed by atoms with Crippen molar-refractivity contribution < 1.29 is 13.5 Å². The van der Waals surface area contributed by atoms with Gasteiger partial charge in [-0.05, 0) is 18.4 Å². The standard InChI is InChI=1S/C13H20N2O3S/c1-15(9-12-5-3-2-4-6-12)19(17,18)14-10-13(11-16)7-8-13/h2-6,14,16H,7-11H2,1H3. The van der Waals surface area contributed by atoms with Gasteiger partial charge < -0.3 is 5.11 Å². The normalized spacial score (nSPS) is 17.6. The van der Waals surface area contributed by atoms with Crippen molar-refractivity contribution in [2.24, 2.45) is 5.41 Å². The molecule has 0 atom stereocenters. The highest BCUT2D eigenvalue weighted by Crippen LogP contribution is 2.44. The molecule has 5 nitrogen and oxygen atoms in total. The molecule has 2 N–H and O–H groups in total. The van der Waals surface area contributed by atoms with Crippen LogP contribution in [-0.4, -0.2) is 38.0 Å². The lowest BCUT2D eigenvalue weighted by molar-refractivity contribution is 0.212. The molecule has 0 aliphatic heterocycles. The number of hydrogen-bond donors (Lipinski definition) is 2. The third kappa shape index (κ3) is 3.76. The van der Waals surface area contributed by atoms with Crippen LogP contribution in [0.15, 0.2) is 30.3 Å². The lowest BCUT2D eigenvalue weighted by atomic mass is 10.1. The smallest absolute Gasteiger partial charge is 0.279 e. The first-order valence-corrected chi connectivity index (χ1v) is 7.77. The lowest BCUT2D eigenvalue weighted by Crippen LogP contribution is -2.41. The highest BCUT2D eigenvalue weighted by molar-refractivity contribution is 7.87. The molecular weight excluding hydrogens is 264 g/mol. The molecule has 1 aromatic carbocycles. The number of hydrogen-bond acceptors (Lipinski definition) is 3. The number of aliphatic hydroxyl groups is 1. The van der Waals surface area contributed by atoms with Crippen LogP contribution in [0.3, 0.4) is 0 Å². The molecule has 106 valence electrons. The summed E-state index contributed by atoms with van der Waals surface area (Å²) in [7, 11) is -1.94. The lowest BCUT2D eigenvalue weighted by Gasteiger charge is -2.20. The summed E-state index contributed by atoms with van der Waals surface area (Å²) in [5.74, 6) is 0. The van der Waals surface area contributed by atoms with E-state index in [4.69, 9.17) is 0 Å². The molecule has 2 rings (SSSR count). The fourth-order valence-electron chi connectivity index (χ4n) is 1.85. The average molecular weight is 284 g/mol. The maximum atomic E-state index is 12.1. The Balaban J connectivity index is 1.92. The highest BCUT2D eigenvalue weighted by Gasteiger charge is 2.42. The van der Waals surface area contributed by atoms with Crippen LogP contribution in [0.1, 0.15) is 18.4 Å². The van der Waals surface area contributed by atoms with Gasteiger partial charge in [-0.15, -0.1) is 0 Å². The van der Waals surface area contributed by atoms with Crippen molar-refractivity contribution in [3.63, 3.8) is 0 Å². The van der Waals surface area contributed by atoms with Gasteiger partial charge in [-0.1, -0.05) is 30.3 Å². The Kier molecular flexibility index (Phi) is 4.25. The molecule has 6 heteroatoms. The molecule has 0 saturated heterocycles. The summed E-state index contributed by atoms with van der Waals surface area (Å²) >= 11 is 0. The quantitative estimate of drug-likeness (QED) is 0.775. The van der Waals surface area contributed by atoms with Gasteiger partial charge >= 0.3 is 0 Å². The minimum Gasteiger partial charge on any atom is -0.396 e. The van der Waals surface area contributed by atoms with Crippen LogP contribution in [0.25, 0.3) is 0 Å². The largest absolute Gasteiger partial charge is 0.396 e. The van der Waals surface area contributed by atoms with E-state index in [1.807, 2.05) is 30.3 Å². The van der Waals surface area contributed by atoms with E-state index in [0.717, 1.165) is 18.4 Å². The van der Waals surface area contributed by atoms with Gasteiger partial charge in [0.25, 0.3) is 10.2 Å². The molecule has 0 unspecified atom stereocenters. The first kappa shape index (κ1) is 14.5. The van der Waals surface area contributed by atoms with E-state index in [-0.39, 0.29) is 12.0 Å². The van der Waals surface area contributed by atoms with Crippen LogP contribution in [-0.2, 0) is 16.8 Å². The first-order valence-electron chi connectivity index (χ1n) is 6.33. The van der Waals surface area contributed by atoms with E-state index in [1.165, 1.54) is 4.31 Å². The molecule has 0 amide bonds. The van der Waals surface area contributed by atoms with Gasteiger partial charge in [-0.3, -0.25) is 0 Å². The van der Waals surface area contributed by atoms with E-state index in [9.17, 15) is 13.5 Å². The maximum Gasteiger partial charge on any atom is 0.279 e. The predicted octanol–water partition coefficient (Wildman–Crippen LogP) is 0.725. The molecule has 0 aromatic heterocycles. The van der Waals surface area contributed by atoms with E-state index >= 15 is 0 Å². The van der Waals surface area contributed by atoms with Crippen LogP contribution in [0.2, 0.25) is 0 Å². The predicted molar refractivity (Wildman–Crippen MR) is 73.6 cm³/mol. The second-order valence-electron chi connectivity index (χ2n) is 5.23. The molecule has 1 saturated carbocycles. The Labute approximate surface area is 114 Å². The topological polar surface area (TPSA) is 69.6 Å². The Hall–Kier alpha value is -0.950. The number of benzene rings is 1. The van der Waals surface area contributed by atoms with Crippen LogP contribution in [0.5, 0.6) is 0 Å². The SMILES string of the molecule is CN(Cc1ccccc1)S(=O)(=O)NCC1(CO)CC1. The van der Waals surface area contributed by atoms with Crippen molar-refractivity contribution in [2.75, 3.05) is 20.2 Å². The molecule has 1 aliphatic rings. The Morgan fingerprint density at radius 1 is 1.32 bits per heavy atom. The summed E-state index contributed by atoms with van der Waals surface area (Å²) in [6.45, 7) is 0.686. The summed E-state index contributed by atoms with van der Waals surface area (Å²) in [6, 6.07) is 9.45. The zero-order valence-electron chi connectivity index (χ0n) is 11.0. The van der Waals surface area contributed by atoms with E-state index < -0.39 is 10.2 Å². The third-order valence-corrected chi connectivity index (χ3v) is 5.04. The van der Waals surface area contributed by atoms with Gasteiger partial charge in [0.05, 0.1) is 0 Å². The van der Waals surface area contributed by atoms with Crippen molar-refractivity contribution in [1.29, 1.82) is 0 Å². The zero-order chi connectivity index (χ0) is 13.9. The number of rotatable bonds is 7. The van der Waals surface area contributed by atoms with Gasteiger partial charge in [0.15, 0.2) is 0 Å². The highest BCUT2D eigenvalue weighted by atomic mass is 32.2. The van der Waals surface area contributed by atoms with Crippen LogP contribution >= 0.6 is 0 Å². The summed E-state index contributed by atoms with van der Waals surface area (Å²) < 4.78 is 28.0. The number of nitrogens with zero attached hydrogens (tertiary/aromatic N) is 1. The molecule has 1 aromatic rings. The van der Waals surface area contributed by atoms with Crippen LogP contribution in [0, 0.1) is 5.41 Å². The van der Waals surface area contributed by atoms with Gasteiger partial charge in [0, 0.05) is 32.2 Å². The average Bonchev–Trinajstić information content (AvgIpc) is 3.18. The molecule has 1 aliphatic carbocycles. The minimum absolute atomic E-state index is 0.0396. The molecule has 1 fully saturated rings. The van der Waals surface area contributed by atoms with Gasteiger partial charge in [-0.25, -0.2) is 4.72 Å². The molecular formula is C13H20N2O3S. The van der Waals surface area contributed by atoms with Crippen molar-refractivity contribution in [1.82, 2.24) is 9.03 Å². The summed E-state index contributed by atoms with van der Waals surface area (Å²) in [5.41, 5.74) is 0.722. The van der Waals surface area contributed by atoms with E-state index in [1.54, 1.807) is 7.05 Å². The summed E-state index contributed by atoms with van der Waals surface area (Å²) in [6.07, 6.45) is 1.77. The van der Waals surface area contributed by atoms with Gasteiger partial charge in [-0.2, -0.15) is 12.7 Å². The second-order valence-corrected chi connectivity index (χ2v) is 7.09. The molecule has 19 heavy (non-hydrogen) atoms. The van der Waals surface area contributed by atoms with E-state index in [0.29, 0.717) is 13.1 Å². The van der Waals surface area contributed by atoms with Gasteiger partial charge in [0.2, 0.25) is 0 Å². The van der Waals surface area contributed by atoms with Gasteiger partial charge in [0.1, 0.15) is 0 Å². The summed E-state index contributed by atoms with van der Waals surface area (Å²) in [4.78, 5) is 0. The van der Waals surface area contributed by atoms with Crippen LogP contribution < -0.4 is 4.72 Å². The summed E-state index contributed by atoms with van der Waals surface area (Å²) in [5, 5.41) is 9.18.